The molecule has 4 aromatic rings. The van der Waals surface area contributed by atoms with E-state index in [1.807, 2.05) is 0 Å². The van der Waals surface area contributed by atoms with Crippen molar-refractivity contribution >= 4 is 39.3 Å². The van der Waals surface area contributed by atoms with E-state index in [4.69, 9.17) is 11.4 Å². The number of nitrogens with zero attached hydrogens (tertiary/aromatic N) is 4. The summed E-state index contributed by atoms with van der Waals surface area (Å²) in [5, 5.41) is 16.1. The number of aromatic hydroxyl groups is 1. The number of fused-ring (bicyclic) bond motifs is 3. The molecule has 2 bridgehead atoms. The molecule has 2 N–H and O–H groups in total. The van der Waals surface area contributed by atoms with E-state index in [-0.39, 0.29) is 17.0 Å². The summed E-state index contributed by atoms with van der Waals surface area (Å²) in [4.78, 5) is 25.6. The number of terminal acetylenes is 1. The Morgan fingerprint density at radius 1 is 1.22 bits per heavy atom. The molecule has 5 heterocycles. The average Bonchev–Trinajstić information content (AvgIpc) is 3.23. The lowest BCUT2D eigenvalue weighted by Crippen LogP contribution is -2.52. The minimum Gasteiger partial charge on any atom is -0.508 e. The topological polar surface area (TPSA) is 83.3 Å². The van der Waals surface area contributed by atoms with Crippen LogP contribution in [0.1, 0.15) is 18.4 Å². The average molecular weight is 500 g/mol. The zero-order valence-electron chi connectivity index (χ0n) is 19.3. The van der Waals surface area contributed by atoms with E-state index in [0.29, 0.717) is 52.2 Å². The predicted octanol–water partition coefficient (Wildman–Crippen LogP) is 3.48. The van der Waals surface area contributed by atoms with Crippen LogP contribution in [0.4, 0.5) is 10.2 Å². The molecular formula is C27H22FN5O2S. The van der Waals surface area contributed by atoms with Crippen LogP contribution in [0.5, 0.6) is 5.75 Å². The number of benzene rings is 2. The third-order valence-electron chi connectivity index (χ3n) is 7.48. The van der Waals surface area contributed by atoms with Crippen LogP contribution in [-0.4, -0.2) is 50.6 Å². The normalized spacial score (nSPS) is 20.7. The van der Waals surface area contributed by atoms with E-state index in [2.05, 4.69) is 21.1 Å². The summed E-state index contributed by atoms with van der Waals surface area (Å²) >= 11 is 1.60. The molecule has 3 aliphatic heterocycles. The van der Waals surface area contributed by atoms with Crippen LogP contribution < -0.4 is 15.9 Å². The van der Waals surface area contributed by atoms with E-state index in [1.165, 1.54) is 6.07 Å². The zero-order valence-corrected chi connectivity index (χ0v) is 20.1. The third kappa shape index (κ3) is 3.14. The van der Waals surface area contributed by atoms with Crippen molar-refractivity contribution in [1.29, 1.82) is 0 Å². The van der Waals surface area contributed by atoms with E-state index in [9.17, 15) is 14.3 Å². The van der Waals surface area contributed by atoms with Gasteiger partial charge in [-0.3, -0.25) is 9.55 Å². The Morgan fingerprint density at radius 3 is 2.81 bits per heavy atom. The molecule has 7 rings (SSSR count). The lowest BCUT2D eigenvalue weighted by atomic mass is 9.96. The largest absolute Gasteiger partial charge is 0.508 e. The number of hydrogen-bond donors (Lipinski definition) is 2. The fourth-order valence-corrected chi connectivity index (χ4v) is 7.09. The van der Waals surface area contributed by atoms with Crippen molar-refractivity contribution in [1.82, 2.24) is 19.9 Å². The van der Waals surface area contributed by atoms with Crippen LogP contribution in [0, 0.1) is 18.2 Å². The smallest absolute Gasteiger partial charge is 0.350 e. The number of rotatable bonds is 2. The van der Waals surface area contributed by atoms with Crippen LogP contribution in [0.2, 0.25) is 0 Å². The molecule has 0 saturated carbocycles. The molecule has 36 heavy (non-hydrogen) atoms. The summed E-state index contributed by atoms with van der Waals surface area (Å²) in [7, 11) is 0. The number of aromatic nitrogens is 3. The summed E-state index contributed by atoms with van der Waals surface area (Å²) in [5.74, 6) is 3.35. The minimum absolute atomic E-state index is 0.0334. The molecule has 0 aliphatic carbocycles. The number of thioether (sulfide) groups is 1. The maximum atomic E-state index is 14.7. The van der Waals surface area contributed by atoms with Gasteiger partial charge in [-0.2, -0.15) is 4.98 Å². The molecule has 2 atom stereocenters. The van der Waals surface area contributed by atoms with Crippen molar-refractivity contribution in [3.63, 3.8) is 0 Å². The number of piperazine rings is 1. The first-order valence-corrected chi connectivity index (χ1v) is 13.0. The zero-order chi connectivity index (χ0) is 24.6. The van der Waals surface area contributed by atoms with Crippen molar-refractivity contribution in [3.05, 3.63) is 52.3 Å². The fraction of sp³-hybridized carbons (Fsp3) is 0.296. The quantitative estimate of drug-likeness (QED) is 0.409. The highest BCUT2D eigenvalue weighted by Gasteiger charge is 2.34. The fourth-order valence-electron chi connectivity index (χ4n) is 5.96. The Hall–Kier alpha value is -3.61. The summed E-state index contributed by atoms with van der Waals surface area (Å²) in [6.45, 7) is 2.14. The second-order valence-corrected chi connectivity index (χ2v) is 10.7. The van der Waals surface area contributed by atoms with Gasteiger partial charge in [-0.15, -0.1) is 18.2 Å². The monoisotopic (exact) mass is 499 g/mol. The molecule has 9 heteroatoms. The molecular weight excluding hydrogens is 477 g/mol. The Morgan fingerprint density at radius 2 is 2.03 bits per heavy atom. The highest BCUT2D eigenvalue weighted by atomic mass is 32.2. The molecule has 2 fully saturated rings. The number of halogens is 1. The van der Waals surface area contributed by atoms with Gasteiger partial charge in [0.25, 0.3) is 0 Å². The molecule has 3 aliphatic rings. The van der Waals surface area contributed by atoms with Crippen molar-refractivity contribution < 1.29 is 9.50 Å². The maximum Gasteiger partial charge on any atom is 0.350 e. The number of anilines is 1. The van der Waals surface area contributed by atoms with E-state index < -0.39 is 5.82 Å². The van der Waals surface area contributed by atoms with Crippen LogP contribution >= 0.6 is 11.8 Å². The van der Waals surface area contributed by atoms with Gasteiger partial charge in [0.1, 0.15) is 17.4 Å². The Bertz CT molecular complexity index is 1680. The molecule has 2 saturated heterocycles. The van der Waals surface area contributed by atoms with Crippen molar-refractivity contribution in [2.24, 2.45) is 0 Å². The van der Waals surface area contributed by atoms with Gasteiger partial charge in [0.2, 0.25) is 0 Å². The van der Waals surface area contributed by atoms with Crippen LogP contribution in [0.3, 0.4) is 0 Å². The number of phenols is 1. The molecule has 2 aromatic heterocycles. The first kappa shape index (κ1) is 21.7. The van der Waals surface area contributed by atoms with Gasteiger partial charge in [-0.1, -0.05) is 12.0 Å². The van der Waals surface area contributed by atoms with E-state index in [1.54, 1.807) is 40.7 Å². The second kappa shape index (κ2) is 7.95. The van der Waals surface area contributed by atoms with Gasteiger partial charge in [-0.25, -0.2) is 9.18 Å². The summed E-state index contributed by atoms with van der Waals surface area (Å²) in [6, 6.07) is 6.84. The lowest BCUT2D eigenvalue weighted by molar-refractivity contribution is 0.463. The molecule has 7 nitrogen and oxygen atoms in total. The molecule has 2 unspecified atom stereocenters. The first-order valence-electron chi connectivity index (χ1n) is 12.0. The summed E-state index contributed by atoms with van der Waals surface area (Å²) < 4.78 is 16.4. The Kier molecular flexibility index (Phi) is 4.78. The number of aryl methyl sites for hydroxylation is 1. The van der Waals surface area contributed by atoms with Gasteiger partial charge < -0.3 is 15.3 Å². The molecule has 0 amide bonds. The Balaban J connectivity index is 1.52. The third-order valence-corrected chi connectivity index (χ3v) is 8.54. The van der Waals surface area contributed by atoms with Gasteiger partial charge >= 0.3 is 5.69 Å². The van der Waals surface area contributed by atoms with E-state index in [0.717, 1.165) is 41.7 Å². The molecule has 0 radical (unpaired) electrons. The molecule has 0 spiro atoms. The SMILES string of the molecule is C#Cc1c(F)ccc2cc(O)cc(-c3ncc4c(N5CC6CCC(C5)N6)nc(=O)n5c4c3SCC5)c12. The summed E-state index contributed by atoms with van der Waals surface area (Å²) in [6.07, 6.45) is 9.71. The second-order valence-electron chi connectivity index (χ2n) is 9.62. The predicted molar refractivity (Wildman–Crippen MR) is 139 cm³/mol. The molecule has 2 aromatic carbocycles. The van der Waals surface area contributed by atoms with Crippen molar-refractivity contribution in [3.8, 4) is 29.4 Å². The van der Waals surface area contributed by atoms with Crippen molar-refractivity contribution in [2.45, 2.75) is 36.4 Å². The number of phenolic OH excluding ortho intramolecular Hbond substituents is 1. The first-order chi connectivity index (χ1) is 17.5. The standard InChI is InChI=1S/C27H22FN5O2S/c1-2-18-21(28)6-3-14-9-17(34)10-19(22(14)18)23-25-24-20(11-29-23)26(31-27(35)33(24)7-8-36-25)32-12-15-4-5-16(13-32)30-15/h1,3,6,9-11,15-16,30,34H,4-5,7-8,12-13H2. The van der Waals surface area contributed by atoms with Gasteiger partial charge in [-0.05, 0) is 36.4 Å². The van der Waals surface area contributed by atoms with Gasteiger partial charge in [0.15, 0.2) is 0 Å². The highest BCUT2D eigenvalue weighted by molar-refractivity contribution is 7.99. The van der Waals surface area contributed by atoms with Crippen LogP contribution in [-0.2, 0) is 6.54 Å². The number of pyridine rings is 1. The van der Waals surface area contributed by atoms with Gasteiger partial charge in [0.05, 0.1) is 27.1 Å². The molecule has 180 valence electrons. The van der Waals surface area contributed by atoms with Crippen molar-refractivity contribution in [2.75, 3.05) is 23.7 Å². The Labute approximate surface area is 210 Å². The van der Waals surface area contributed by atoms with Gasteiger partial charge in [0, 0.05) is 54.6 Å². The number of nitrogens with one attached hydrogen (secondary N) is 1. The maximum absolute atomic E-state index is 14.7. The lowest BCUT2D eigenvalue weighted by Gasteiger charge is -2.34. The highest BCUT2D eigenvalue weighted by Crippen LogP contribution is 2.44. The summed E-state index contributed by atoms with van der Waals surface area (Å²) in [5.41, 5.74) is 1.74. The minimum atomic E-state index is -0.504. The number of hydrogen-bond acceptors (Lipinski definition) is 7. The van der Waals surface area contributed by atoms with E-state index >= 15 is 0 Å². The van der Waals surface area contributed by atoms with Crippen LogP contribution in [0.25, 0.3) is 32.9 Å². The van der Waals surface area contributed by atoms with Crippen LogP contribution in [0.15, 0.2) is 40.2 Å².